The minimum Gasteiger partial charge on any atom is -0.497 e. The van der Waals surface area contributed by atoms with Gasteiger partial charge in [0.2, 0.25) is 0 Å². The van der Waals surface area contributed by atoms with Gasteiger partial charge in [-0.2, -0.15) is 0 Å². The van der Waals surface area contributed by atoms with Gasteiger partial charge in [0, 0.05) is 19.7 Å². The average Bonchev–Trinajstić information content (AvgIpc) is 2.91. The van der Waals surface area contributed by atoms with Crippen LogP contribution in [-0.4, -0.2) is 51.0 Å². The second-order valence-corrected chi connectivity index (χ2v) is 6.71. The van der Waals surface area contributed by atoms with Gasteiger partial charge in [0.05, 0.1) is 24.7 Å². The summed E-state index contributed by atoms with van der Waals surface area (Å²) in [6.07, 6.45) is 3.82. The van der Waals surface area contributed by atoms with Gasteiger partial charge in [0.25, 0.3) is 5.91 Å². The SMILES string of the molecule is COc1ccc2c(c1)nc(CN1C(=O)C3CCCCCN3C1=O)n2C. The predicted molar refractivity (Wildman–Crippen MR) is 92.2 cm³/mol. The zero-order valence-electron chi connectivity index (χ0n) is 14.6. The minimum atomic E-state index is -0.287. The van der Waals surface area contributed by atoms with Crippen molar-refractivity contribution in [3.63, 3.8) is 0 Å². The Morgan fingerprint density at radius 2 is 2.08 bits per heavy atom. The second kappa shape index (κ2) is 6.06. The van der Waals surface area contributed by atoms with Gasteiger partial charge in [0.15, 0.2) is 0 Å². The van der Waals surface area contributed by atoms with Crippen molar-refractivity contribution in [3.05, 3.63) is 24.0 Å². The Morgan fingerprint density at radius 3 is 2.88 bits per heavy atom. The van der Waals surface area contributed by atoms with E-state index in [9.17, 15) is 9.59 Å². The molecule has 0 saturated carbocycles. The van der Waals surface area contributed by atoms with Crippen molar-refractivity contribution < 1.29 is 14.3 Å². The number of benzene rings is 1. The zero-order valence-corrected chi connectivity index (χ0v) is 14.6. The number of amides is 3. The summed E-state index contributed by atoms with van der Waals surface area (Å²) in [6.45, 7) is 0.879. The summed E-state index contributed by atoms with van der Waals surface area (Å²) in [7, 11) is 3.52. The normalized spacial score (nSPS) is 21.0. The lowest BCUT2D eigenvalue weighted by Crippen LogP contribution is -2.34. The minimum absolute atomic E-state index is 0.0865. The summed E-state index contributed by atoms with van der Waals surface area (Å²) < 4.78 is 7.17. The number of methoxy groups -OCH3 is 1. The Balaban J connectivity index is 1.63. The zero-order chi connectivity index (χ0) is 17.6. The maximum Gasteiger partial charge on any atom is 0.327 e. The van der Waals surface area contributed by atoms with Crippen LogP contribution in [0.3, 0.4) is 0 Å². The number of rotatable bonds is 3. The van der Waals surface area contributed by atoms with Gasteiger partial charge >= 0.3 is 6.03 Å². The van der Waals surface area contributed by atoms with Crippen LogP contribution >= 0.6 is 0 Å². The summed E-state index contributed by atoms with van der Waals surface area (Å²) in [5, 5.41) is 0. The Bertz CT molecular complexity index is 820. The van der Waals surface area contributed by atoms with E-state index in [2.05, 4.69) is 4.98 Å². The van der Waals surface area contributed by atoms with Crippen molar-refractivity contribution in [1.29, 1.82) is 0 Å². The van der Waals surface area contributed by atoms with E-state index in [-0.39, 0.29) is 24.5 Å². The lowest BCUT2D eigenvalue weighted by Gasteiger charge is -2.18. The van der Waals surface area contributed by atoms with E-state index in [1.807, 2.05) is 29.8 Å². The van der Waals surface area contributed by atoms with Crippen molar-refractivity contribution in [2.45, 2.75) is 38.3 Å². The molecule has 7 heteroatoms. The van der Waals surface area contributed by atoms with E-state index in [1.165, 1.54) is 4.90 Å². The summed E-state index contributed by atoms with van der Waals surface area (Å²) in [5.74, 6) is 1.35. The van der Waals surface area contributed by atoms with Crippen LogP contribution in [0.15, 0.2) is 18.2 Å². The van der Waals surface area contributed by atoms with Crippen molar-refractivity contribution in [2.24, 2.45) is 7.05 Å². The first-order valence-electron chi connectivity index (χ1n) is 8.71. The third kappa shape index (κ3) is 2.54. The van der Waals surface area contributed by atoms with E-state index in [1.54, 1.807) is 12.0 Å². The molecular formula is C18H22N4O3. The van der Waals surface area contributed by atoms with Crippen molar-refractivity contribution in [3.8, 4) is 5.75 Å². The molecule has 0 aliphatic carbocycles. The molecule has 0 bridgehead atoms. The highest BCUT2D eigenvalue weighted by atomic mass is 16.5. The van der Waals surface area contributed by atoms with Crippen LogP contribution in [-0.2, 0) is 18.4 Å². The molecule has 0 spiro atoms. The highest BCUT2D eigenvalue weighted by Gasteiger charge is 2.45. The van der Waals surface area contributed by atoms with E-state index in [4.69, 9.17) is 4.74 Å². The summed E-state index contributed by atoms with van der Waals surface area (Å²) in [5.41, 5.74) is 1.75. The van der Waals surface area contributed by atoms with Gasteiger partial charge in [-0.3, -0.25) is 9.69 Å². The molecule has 4 rings (SSSR count). The lowest BCUT2D eigenvalue weighted by atomic mass is 10.1. The molecule has 1 unspecified atom stereocenters. The molecule has 25 heavy (non-hydrogen) atoms. The molecule has 2 fully saturated rings. The molecule has 1 aromatic carbocycles. The largest absolute Gasteiger partial charge is 0.497 e. The number of aromatic nitrogens is 2. The molecule has 3 heterocycles. The average molecular weight is 342 g/mol. The number of imide groups is 1. The van der Waals surface area contributed by atoms with Crippen LogP contribution in [0.2, 0.25) is 0 Å². The van der Waals surface area contributed by atoms with Crippen LogP contribution < -0.4 is 4.74 Å². The monoisotopic (exact) mass is 342 g/mol. The molecule has 2 aliphatic heterocycles. The molecule has 1 aromatic heterocycles. The van der Waals surface area contributed by atoms with Crippen LogP contribution in [0.4, 0.5) is 4.79 Å². The van der Waals surface area contributed by atoms with Crippen LogP contribution in [0.5, 0.6) is 5.75 Å². The second-order valence-electron chi connectivity index (χ2n) is 6.71. The lowest BCUT2D eigenvalue weighted by molar-refractivity contribution is -0.128. The number of ether oxygens (including phenoxy) is 1. The fourth-order valence-electron chi connectivity index (χ4n) is 3.81. The van der Waals surface area contributed by atoms with Crippen molar-refractivity contribution >= 4 is 23.0 Å². The molecule has 2 aromatic rings. The number of fused-ring (bicyclic) bond motifs is 2. The molecule has 132 valence electrons. The molecule has 0 N–H and O–H groups in total. The fourth-order valence-corrected chi connectivity index (χ4v) is 3.81. The maximum absolute atomic E-state index is 12.7. The molecule has 2 saturated heterocycles. The first kappa shape index (κ1) is 15.9. The van der Waals surface area contributed by atoms with Crippen molar-refractivity contribution in [1.82, 2.24) is 19.4 Å². The third-order valence-corrected chi connectivity index (χ3v) is 5.26. The van der Waals surface area contributed by atoms with Gasteiger partial charge in [-0.15, -0.1) is 0 Å². The quantitative estimate of drug-likeness (QED) is 0.803. The van der Waals surface area contributed by atoms with E-state index in [0.29, 0.717) is 12.4 Å². The van der Waals surface area contributed by atoms with E-state index >= 15 is 0 Å². The topological polar surface area (TPSA) is 67.7 Å². The van der Waals surface area contributed by atoms with Crippen LogP contribution in [0, 0.1) is 0 Å². The van der Waals surface area contributed by atoms with Gasteiger partial charge in [-0.05, 0) is 25.0 Å². The molecule has 2 aliphatic rings. The van der Waals surface area contributed by atoms with Gasteiger partial charge < -0.3 is 14.2 Å². The number of urea groups is 1. The Morgan fingerprint density at radius 1 is 1.24 bits per heavy atom. The van der Waals surface area contributed by atoms with Gasteiger partial charge in [-0.25, -0.2) is 9.78 Å². The Kier molecular flexibility index (Phi) is 3.86. The molecular weight excluding hydrogens is 320 g/mol. The van der Waals surface area contributed by atoms with Crippen molar-refractivity contribution in [2.75, 3.05) is 13.7 Å². The van der Waals surface area contributed by atoms with Gasteiger partial charge in [-0.1, -0.05) is 12.8 Å². The summed E-state index contributed by atoms with van der Waals surface area (Å²) in [6, 6.07) is 5.21. The highest BCUT2D eigenvalue weighted by molar-refractivity contribution is 6.04. The summed E-state index contributed by atoms with van der Waals surface area (Å²) in [4.78, 5) is 33.1. The number of imidazole rings is 1. The number of hydrogen-bond acceptors (Lipinski definition) is 4. The number of aryl methyl sites for hydroxylation is 1. The van der Waals surface area contributed by atoms with E-state index < -0.39 is 0 Å². The number of carbonyl (C=O) groups is 2. The van der Waals surface area contributed by atoms with Crippen LogP contribution in [0.25, 0.3) is 11.0 Å². The van der Waals surface area contributed by atoms with Gasteiger partial charge in [0.1, 0.15) is 17.6 Å². The molecule has 0 radical (unpaired) electrons. The molecule has 3 amide bonds. The van der Waals surface area contributed by atoms with Crippen LogP contribution in [0.1, 0.15) is 31.5 Å². The predicted octanol–water partition coefficient (Wildman–Crippen LogP) is 2.29. The summed E-state index contributed by atoms with van der Waals surface area (Å²) >= 11 is 0. The first-order valence-corrected chi connectivity index (χ1v) is 8.71. The third-order valence-electron chi connectivity index (χ3n) is 5.26. The smallest absolute Gasteiger partial charge is 0.327 e. The number of nitrogens with zero attached hydrogens (tertiary/aromatic N) is 4. The Labute approximate surface area is 146 Å². The number of carbonyl (C=O) groups excluding carboxylic acids is 2. The standard InChI is InChI=1S/C18H22N4O3/c1-20-14-8-7-12(25-2)10-13(14)19-16(20)11-22-17(23)15-6-4-3-5-9-21(15)18(22)24/h7-8,10,15H,3-6,9,11H2,1-2H3. The first-order chi connectivity index (χ1) is 12.1. The number of hydrogen-bond donors (Lipinski definition) is 0. The fraction of sp³-hybridized carbons (Fsp3) is 0.500. The maximum atomic E-state index is 12.7. The Hall–Kier alpha value is -2.57. The van der Waals surface area contributed by atoms with E-state index in [0.717, 1.165) is 42.5 Å². The molecule has 7 nitrogen and oxygen atoms in total. The highest BCUT2D eigenvalue weighted by Crippen LogP contribution is 2.28. The molecule has 1 atom stereocenters.